The summed E-state index contributed by atoms with van der Waals surface area (Å²) < 4.78 is 0. The average Bonchev–Trinajstić information content (AvgIpc) is 0.918. The van der Waals surface area contributed by atoms with Crippen LogP contribution in [0, 0.1) is 7.43 Å². The minimum Gasteiger partial charge on any atom is -0.358 e. The third kappa shape index (κ3) is 32.8. The Morgan fingerprint density at radius 3 is 1.33 bits per heavy atom. The van der Waals surface area contributed by atoms with E-state index in [0.717, 1.165) is 0 Å². The van der Waals surface area contributed by atoms with Crippen LogP contribution >= 0.6 is 6.21 Å². The standard InChI is InChI=1S/CH3P.CH3.3W/c1-2;;;;/h1H3;1H3;;;/q;-1;;;. The Hall–Kier alpha value is 2.36. The van der Waals surface area contributed by atoms with Crippen LogP contribution in [-0.2, 0) is 60.9 Å². The molecule has 0 bridgehead atoms. The van der Waals surface area contributed by atoms with Gasteiger partial charge in [0.05, 0.1) is 0 Å². The molecule has 0 aliphatic heterocycles. The van der Waals surface area contributed by atoms with Crippen LogP contribution < -0.4 is 0 Å². The summed E-state index contributed by atoms with van der Waals surface area (Å²) in [5.74, 6) is 0. The summed E-state index contributed by atoms with van der Waals surface area (Å²) in [5, 5.41) is 0. The number of hydrogen-bond donors (Lipinski definition) is 0. The monoisotopic (exact) mass is 613 g/mol. The van der Waals surface area contributed by atoms with E-state index < -0.39 is 0 Å². The molecule has 0 N–H and O–H groups in total. The molecule has 0 radical (unpaired) electrons. The van der Waals surface area contributed by atoms with Crippen LogP contribution in [0.5, 0.6) is 0 Å². The molecule has 0 nitrogen and oxygen atoms in total. The van der Waals surface area contributed by atoms with E-state index in [9.17, 15) is 0 Å². The van der Waals surface area contributed by atoms with Gasteiger partial charge >= 0.3 is 31.7 Å². The van der Waals surface area contributed by atoms with Gasteiger partial charge in [0, 0.05) is 42.1 Å². The fourth-order valence-corrected chi connectivity index (χ4v) is 0. The summed E-state index contributed by atoms with van der Waals surface area (Å²) in [5.41, 5.74) is 0. The van der Waals surface area contributed by atoms with E-state index in [0.29, 0.717) is 0 Å². The fourth-order valence-electron chi connectivity index (χ4n) is 0. The van der Waals surface area contributed by atoms with Gasteiger partial charge < -0.3 is 7.43 Å². The minimum absolute atomic E-state index is 0. The SMILES string of the molecule is C[P]=[W].[CH3-].[W].[W]. The van der Waals surface area contributed by atoms with E-state index in [1.807, 2.05) is 0 Å². The molecule has 0 aromatic carbocycles. The van der Waals surface area contributed by atoms with Crippen molar-refractivity contribution in [2.75, 3.05) is 6.66 Å². The Kier molecular flexibility index (Phi) is 105. The van der Waals surface area contributed by atoms with Crippen LogP contribution in [0.25, 0.3) is 0 Å². The van der Waals surface area contributed by atoms with E-state index in [2.05, 4.69) is 6.66 Å². The number of rotatable bonds is 0. The summed E-state index contributed by atoms with van der Waals surface area (Å²) in [4.78, 5) is 0. The van der Waals surface area contributed by atoms with Crippen molar-refractivity contribution < 1.29 is 60.9 Å². The fraction of sp³-hybridized carbons (Fsp3) is 0.500. The van der Waals surface area contributed by atoms with E-state index in [1.165, 1.54) is 6.21 Å². The quantitative estimate of drug-likeness (QED) is 0.288. The van der Waals surface area contributed by atoms with Crippen LogP contribution in [-0.4, -0.2) is 6.66 Å². The second-order valence-electron chi connectivity index (χ2n) is 0.183. The van der Waals surface area contributed by atoms with Crippen LogP contribution in [0.2, 0.25) is 0 Å². The van der Waals surface area contributed by atoms with Crippen molar-refractivity contribution in [1.29, 1.82) is 0 Å². The maximum Gasteiger partial charge on any atom is 0 e. The van der Waals surface area contributed by atoms with Crippen molar-refractivity contribution in [3.05, 3.63) is 7.43 Å². The van der Waals surface area contributed by atoms with Crippen molar-refractivity contribution in [3.63, 3.8) is 0 Å². The maximum atomic E-state index is 2.13. The largest absolute Gasteiger partial charge is 0.358 e. The Morgan fingerprint density at radius 1 is 1.33 bits per heavy atom. The molecule has 0 aromatic heterocycles. The van der Waals surface area contributed by atoms with Gasteiger partial charge in [-0.3, -0.25) is 0 Å². The molecule has 0 saturated heterocycles. The molecule has 0 heterocycles. The molecule has 6 heavy (non-hydrogen) atoms. The summed E-state index contributed by atoms with van der Waals surface area (Å²) in [6.07, 6.45) is 1.50. The molecule has 0 amide bonds. The molecule has 0 aliphatic carbocycles. The molecule has 0 aromatic rings. The van der Waals surface area contributed by atoms with Crippen LogP contribution in [0.15, 0.2) is 0 Å². The van der Waals surface area contributed by atoms with Crippen molar-refractivity contribution in [2.24, 2.45) is 0 Å². The van der Waals surface area contributed by atoms with Gasteiger partial charge in [-0.25, -0.2) is 0 Å². The molecular weight excluding hydrogens is 607 g/mol. The first kappa shape index (κ1) is 23.8. The van der Waals surface area contributed by atoms with Crippen molar-refractivity contribution in [2.45, 2.75) is 0 Å². The van der Waals surface area contributed by atoms with E-state index >= 15 is 0 Å². The van der Waals surface area contributed by atoms with Crippen LogP contribution in [0.3, 0.4) is 0 Å². The van der Waals surface area contributed by atoms with Gasteiger partial charge in [-0.15, -0.1) is 0 Å². The summed E-state index contributed by atoms with van der Waals surface area (Å²) in [6, 6.07) is 0. The van der Waals surface area contributed by atoms with E-state index in [-0.39, 0.29) is 49.6 Å². The Balaban J connectivity index is -0.00000000667. The normalized spacial score (nSPS) is 3.50. The Labute approximate surface area is 80.3 Å². The first-order valence-corrected chi connectivity index (χ1v) is 5.82. The zero-order valence-electron chi connectivity index (χ0n) is 3.67. The zero-order valence-corrected chi connectivity index (χ0v) is 13.4. The summed E-state index contributed by atoms with van der Waals surface area (Å²) >= 11 is 1.64. The predicted octanol–water partition coefficient (Wildman–Crippen LogP) is 1.47. The van der Waals surface area contributed by atoms with E-state index in [1.54, 1.807) is 18.8 Å². The topological polar surface area (TPSA) is 0 Å². The van der Waals surface area contributed by atoms with Crippen LogP contribution in [0.1, 0.15) is 0 Å². The second-order valence-corrected chi connectivity index (χ2v) is 4.48. The Bertz CT molecular complexity index is 16.3. The number of hydrogen-bond acceptors (Lipinski definition) is 0. The second kappa shape index (κ2) is 26.4. The van der Waals surface area contributed by atoms with Crippen molar-refractivity contribution >= 4 is 6.21 Å². The molecular formula is C2H6PW3-. The molecule has 4 heteroatoms. The molecule has 0 atom stereocenters. The maximum absolute atomic E-state index is 2.13. The van der Waals surface area contributed by atoms with Crippen LogP contribution in [0.4, 0.5) is 0 Å². The van der Waals surface area contributed by atoms with Gasteiger partial charge in [-0.05, 0) is 0 Å². The third-order valence-electron chi connectivity index (χ3n) is 0. The smallest absolute Gasteiger partial charge is 0 e. The van der Waals surface area contributed by atoms with Gasteiger partial charge in [0.1, 0.15) is 0 Å². The third-order valence-corrected chi connectivity index (χ3v) is 0. The molecule has 0 aliphatic rings. The van der Waals surface area contributed by atoms with Gasteiger partial charge in [0.2, 0.25) is 0 Å². The molecule has 0 spiro atoms. The average molecular weight is 613 g/mol. The first-order valence-electron chi connectivity index (χ1n) is 0.630. The molecule has 0 unspecified atom stereocenters. The molecule has 0 rings (SSSR count). The van der Waals surface area contributed by atoms with Gasteiger partial charge in [0.15, 0.2) is 0 Å². The zero-order chi connectivity index (χ0) is 2.71. The molecule has 0 saturated carbocycles. The summed E-state index contributed by atoms with van der Waals surface area (Å²) in [6.45, 7) is 2.13. The van der Waals surface area contributed by atoms with Crippen molar-refractivity contribution in [3.8, 4) is 0 Å². The molecule has 0 fully saturated rings. The van der Waals surface area contributed by atoms with Gasteiger partial charge in [-0.2, -0.15) is 0 Å². The van der Waals surface area contributed by atoms with Gasteiger partial charge in [-0.1, -0.05) is 0 Å². The Morgan fingerprint density at radius 2 is 1.33 bits per heavy atom. The summed E-state index contributed by atoms with van der Waals surface area (Å²) in [7, 11) is 0. The first-order chi connectivity index (χ1) is 1.41. The predicted molar refractivity (Wildman–Crippen MR) is 19.3 cm³/mol. The van der Waals surface area contributed by atoms with Crippen molar-refractivity contribution in [1.82, 2.24) is 0 Å². The minimum atomic E-state index is 0. The molecule has 38 valence electrons. The van der Waals surface area contributed by atoms with Gasteiger partial charge in [0.25, 0.3) is 0 Å². The van der Waals surface area contributed by atoms with E-state index in [4.69, 9.17) is 0 Å².